The molecular formula is C16H17Cl2NO. The van der Waals surface area contributed by atoms with Crippen LogP contribution in [0, 0.1) is 0 Å². The van der Waals surface area contributed by atoms with Crippen molar-refractivity contribution in [3.63, 3.8) is 0 Å². The lowest BCUT2D eigenvalue weighted by molar-refractivity contribution is 0.415. The van der Waals surface area contributed by atoms with Crippen molar-refractivity contribution in [3.05, 3.63) is 58.1 Å². The van der Waals surface area contributed by atoms with E-state index in [4.69, 9.17) is 27.9 Å². The third-order valence-corrected chi connectivity index (χ3v) is 3.57. The van der Waals surface area contributed by atoms with Crippen molar-refractivity contribution >= 4 is 28.9 Å². The highest BCUT2D eigenvalue weighted by Gasteiger charge is 2.06. The molecule has 2 rings (SSSR count). The van der Waals surface area contributed by atoms with Crippen molar-refractivity contribution in [2.24, 2.45) is 0 Å². The summed E-state index contributed by atoms with van der Waals surface area (Å²) in [6.07, 6.45) is 0.917. The zero-order valence-corrected chi connectivity index (χ0v) is 13.0. The van der Waals surface area contributed by atoms with E-state index in [1.807, 2.05) is 42.5 Å². The fraction of sp³-hybridized carbons (Fsp3) is 0.250. The van der Waals surface area contributed by atoms with E-state index < -0.39 is 0 Å². The summed E-state index contributed by atoms with van der Waals surface area (Å²) in [5.41, 5.74) is 2.23. The van der Waals surface area contributed by atoms with E-state index in [0.29, 0.717) is 16.8 Å². The SMILES string of the molecule is COc1ccc(NC(C)Cc2ccc(Cl)cc2)cc1Cl. The van der Waals surface area contributed by atoms with Crippen LogP contribution in [0.4, 0.5) is 5.69 Å². The average Bonchev–Trinajstić information content (AvgIpc) is 2.41. The predicted molar refractivity (Wildman–Crippen MR) is 86.2 cm³/mol. The molecule has 0 saturated heterocycles. The molecule has 0 radical (unpaired) electrons. The van der Waals surface area contributed by atoms with Crippen molar-refractivity contribution in [1.29, 1.82) is 0 Å². The molecule has 0 saturated carbocycles. The van der Waals surface area contributed by atoms with Gasteiger partial charge in [0.25, 0.3) is 0 Å². The molecule has 2 aromatic carbocycles. The van der Waals surface area contributed by atoms with E-state index in [1.165, 1.54) is 5.56 Å². The smallest absolute Gasteiger partial charge is 0.137 e. The first-order valence-electron chi connectivity index (χ1n) is 6.43. The summed E-state index contributed by atoms with van der Waals surface area (Å²) in [7, 11) is 1.61. The highest BCUT2D eigenvalue weighted by Crippen LogP contribution is 2.27. The molecule has 1 unspecified atom stereocenters. The molecule has 1 N–H and O–H groups in total. The minimum absolute atomic E-state index is 0.292. The van der Waals surface area contributed by atoms with Crippen LogP contribution in [0.1, 0.15) is 12.5 Å². The van der Waals surface area contributed by atoms with Gasteiger partial charge in [-0.3, -0.25) is 0 Å². The predicted octanol–water partition coefficient (Wildman–Crippen LogP) is 5.05. The zero-order valence-electron chi connectivity index (χ0n) is 11.5. The summed E-state index contributed by atoms with van der Waals surface area (Å²) < 4.78 is 5.14. The van der Waals surface area contributed by atoms with Crippen LogP contribution in [0.5, 0.6) is 5.75 Å². The van der Waals surface area contributed by atoms with Crippen molar-refractivity contribution in [1.82, 2.24) is 0 Å². The number of nitrogens with one attached hydrogen (secondary N) is 1. The first kappa shape index (κ1) is 15.0. The van der Waals surface area contributed by atoms with Crippen LogP contribution in [0.25, 0.3) is 0 Å². The van der Waals surface area contributed by atoms with Gasteiger partial charge in [-0.25, -0.2) is 0 Å². The Hall–Kier alpha value is -1.38. The first-order chi connectivity index (χ1) is 9.58. The summed E-state index contributed by atoms with van der Waals surface area (Å²) in [5, 5.41) is 4.79. The molecule has 0 heterocycles. The van der Waals surface area contributed by atoms with Gasteiger partial charge in [0.05, 0.1) is 12.1 Å². The van der Waals surface area contributed by atoms with Crippen molar-refractivity contribution < 1.29 is 4.74 Å². The molecular weight excluding hydrogens is 293 g/mol. The molecule has 0 aliphatic rings. The molecule has 2 aromatic rings. The van der Waals surface area contributed by atoms with Gasteiger partial charge in [0, 0.05) is 16.8 Å². The Kier molecular flexibility index (Phi) is 5.16. The molecule has 0 aliphatic heterocycles. The number of hydrogen-bond acceptors (Lipinski definition) is 2. The van der Waals surface area contributed by atoms with Gasteiger partial charge < -0.3 is 10.1 Å². The molecule has 0 aliphatic carbocycles. The molecule has 0 spiro atoms. The Labute approximate surface area is 129 Å². The number of anilines is 1. The highest BCUT2D eigenvalue weighted by atomic mass is 35.5. The number of ether oxygens (including phenoxy) is 1. The van der Waals surface area contributed by atoms with Gasteiger partial charge in [0.2, 0.25) is 0 Å². The normalized spacial score (nSPS) is 12.0. The summed E-state index contributed by atoms with van der Waals surface area (Å²) in [6, 6.07) is 13.9. The number of methoxy groups -OCH3 is 1. The second-order valence-corrected chi connectivity index (χ2v) is 5.57. The van der Waals surface area contributed by atoms with Crippen LogP contribution in [0.3, 0.4) is 0 Å². The molecule has 0 amide bonds. The maximum absolute atomic E-state index is 6.11. The maximum atomic E-state index is 6.11. The number of hydrogen-bond donors (Lipinski definition) is 1. The molecule has 106 valence electrons. The van der Waals surface area contributed by atoms with Crippen LogP contribution in [-0.2, 0) is 6.42 Å². The Balaban J connectivity index is 1.99. The lowest BCUT2D eigenvalue weighted by atomic mass is 10.1. The van der Waals surface area contributed by atoms with E-state index in [0.717, 1.165) is 17.1 Å². The van der Waals surface area contributed by atoms with E-state index >= 15 is 0 Å². The zero-order chi connectivity index (χ0) is 14.5. The summed E-state index contributed by atoms with van der Waals surface area (Å²) in [5.74, 6) is 0.683. The molecule has 0 aromatic heterocycles. The van der Waals surface area contributed by atoms with Crippen LogP contribution in [0.15, 0.2) is 42.5 Å². The Morgan fingerprint density at radius 2 is 1.80 bits per heavy atom. The van der Waals surface area contributed by atoms with E-state index in [1.54, 1.807) is 7.11 Å². The fourth-order valence-electron chi connectivity index (χ4n) is 2.07. The summed E-state index contributed by atoms with van der Waals surface area (Å²) >= 11 is 12.0. The standard InChI is InChI=1S/C16H17Cl2NO/c1-11(9-12-3-5-13(17)6-4-12)19-14-7-8-16(20-2)15(18)10-14/h3-8,10-11,19H,9H2,1-2H3. The van der Waals surface area contributed by atoms with E-state index in [2.05, 4.69) is 12.2 Å². The number of halogens is 2. The molecule has 1 atom stereocenters. The van der Waals surface area contributed by atoms with Crippen LogP contribution in [0.2, 0.25) is 10.0 Å². The van der Waals surface area contributed by atoms with E-state index in [9.17, 15) is 0 Å². The van der Waals surface area contributed by atoms with Gasteiger partial charge in [-0.1, -0.05) is 35.3 Å². The van der Waals surface area contributed by atoms with Gasteiger partial charge in [0.1, 0.15) is 5.75 Å². The first-order valence-corrected chi connectivity index (χ1v) is 7.18. The summed E-state index contributed by atoms with van der Waals surface area (Å²) in [6.45, 7) is 2.13. The van der Waals surface area contributed by atoms with Crippen LogP contribution >= 0.6 is 23.2 Å². The molecule has 4 heteroatoms. The Morgan fingerprint density at radius 3 is 2.40 bits per heavy atom. The molecule has 20 heavy (non-hydrogen) atoms. The monoisotopic (exact) mass is 309 g/mol. The topological polar surface area (TPSA) is 21.3 Å². The molecule has 2 nitrogen and oxygen atoms in total. The highest BCUT2D eigenvalue weighted by molar-refractivity contribution is 6.32. The second-order valence-electron chi connectivity index (χ2n) is 4.73. The fourth-order valence-corrected chi connectivity index (χ4v) is 2.45. The van der Waals surface area contributed by atoms with Crippen molar-refractivity contribution in [3.8, 4) is 5.75 Å². The van der Waals surface area contributed by atoms with Crippen LogP contribution in [-0.4, -0.2) is 13.2 Å². The molecule has 0 bridgehead atoms. The Morgan fingerprint density at radius 1 is 1.10 bits per heavy atom. The van der Waals surface area contributed by atoms with Gasteiger partial charge in [-0.15, -0.1) is 0 Å². The minimum Gasteiger partial charge on any atom is -0.495 e. The van der Waals surface area contributed by atoms with Crippen molar-refractivity contribution in [2.75, 3.05) is 12.4 Å². The quantitative estimate of drug-likeness (QED) is 0.835. The number of rotatable bonds is 5. The number of benzene rings is 2. The van der Waals surface area contributed by atoms with Crippen molar-refractivity contribution in [2.45, 2.75) is 19.4 Å². The second kappa shape index (κ2) is 6.87. The summed E-state index contributed by atoms with van der Waals surface area (Å²) in [4.78, 5) is 0. The molecule has 0 fully saturated rings. The van der Waals surface area contributed by atoms with E-state index in [-0.39, 0.29) is 0 Å². The van der Waals surface area contributed by atoms with Gasteiger partial charge in [-0.05, 0) is 49.2 Å². The third kappa shape index (κ3) is 4.06. The third-order valence-electron chi connectivity index (χ3n) is 3.02. The Bertz CT molecular complexity index is 569. The van der Waals surface area contributed by atoms with Crippen LogP contribution < -0.4 is 10.1 Å². The minimum atomic E-state index is 0.292. The average molecular weight is 310 g/mol. The largest absolute Gasteiger partial charge is 0.495 e. The lowest BCUT2D eigenvalue weighted by Gasteiger charge is -2.16. The van der Waals surface area contributed by atoms with Gasteiger partial charge in [-0.2, -0.15) is 0 Å². The lowest BCUT2D eigenvalue weighted by Crippen LogP contribution is -2.17. The maximum Gasteiger partial charge on any atom is 0.137 e. The van der Waals surface area contributed by atoms with Gasteiger partial charge >= 0.3 is 0 Å². The van der Waals surface area contributed by atoms with Gasteiger partial charge in [0.15, 0.2) is 0 Å².